The summed E-state index contributed by atoms with van der Waals surface area (Å²) >= 11 is 5.99. The van der Waals surface area contributed by atoms with Crippen molar-refractivity contribution in [1.82, 2.24) is 14.7 Å². The van der Waals surface area contributed by atoms with Gasteiger partial charge in [-0.2, -0.15) is 5.26 Å². The van der Waals surface area contributed by atoms with Crippen molar-refractivity contribution in [1.29, 1.82) is 5.26 Å². The molecule has 1 heterocycles. The van der Waals surface area contributed by atoms with Gasteiger partial charge in [-0.15, -0.1) is 0 Å². The van der Waals surface area contributed by atoms with Crippen LogP contribution in [0.3, 0.4) is 0 Å². The zero-order chi connectivity index (χ0) is 21.5. The van der Waals surface area contributed by atoms with E-state index in [1.54, 1.807) is 0 Å². The molecule has 0 aliphatic carbocycles. The number of nitriles is 1. The van der Waals surface area contributed by atoms with E-state index >= 15 is 0 Å². The number of hydrogen-bond donors (Lipinski definition) is 0. The first kappa shape index (κ1) is 22.6. The predicted molar refractivity (Wildman–Crippen MR) is 125 cm³/mol. The maximum atomic E-state index is 9.57. The molecule has 0 radical (unpaired) electrons. The molecule has 30 heavy (non-hydrogen) atoms. The molecular weight excluding hydrogens is 394 g/mol. The Hall–Kier alpha value is -2.10. The molecule has 0 N–H and O–H groups in total. The summed E-state index contributed by atoms with van der Waals surface area (Å²) < 4.78 is 0. The molecule has 2 aromatic rings. The van der Waals surface area contributed by atoms with Crippen molar-refractivity contribution >= 4 is 17.3 Å². The van der Waals surface area contributed by atoms with Crippen LogP contribution in [-0.4, -0.2) is 75.1 Å². The highest BCUT2D eigenvalue weighted by atomic mass is 35.5. The van der Waals surface area contributed by atoms with Gasteiger partial charge in [0.2, 0.25) is 0 Å². The van der Waals surface area contributed by atoms with Gasteiger partial charge in [0.15, 0.2) is 0 Å². The van der Waals surface area contributed by atoms with Crippen LogP contribution >= 0.6 is 11.6 Å². The van der Waals surface area contributed by atoms with Crippen LogP contribution in [0, 0.1) is 11.3 Å². The van der Waals surface area contributed by atoms with Crippen molar-refractivity contribution in [3.63, 3.8) is 0 Å². The largest absolute Gasteiger partial charge is 0.373 e. The van der Waals surface area contributed by atoms with Crippen LogP contribution in [0.5, 0.6) is 0 Å². The number of hydrogen-bond acceptors (Lipinski definition) is 5. The van der Waals surface area contributed by atoms with Crippen molar-refractivity contribution in [2.45, 2.75) is 13.1 Å². The minimum Gasteiger partial charge on any atom is -0.373 e. The Labute approximate surface area is 186 Å². The number of halogens is 1. The molecule has 2 aromatic carbocycles. The quantitative estimate of drug-likeness (QED) is 0.646. The van der Waals surface area contributed by atoms with Gasteiger partial charge >= 0.3 is 0 Å². The maximum absolute atomic E-state index is 9.57. The summed E-state index contributed by atoms with van der Waals surface area (Å²) in [5.74, 6) is 0. The van der Waals surface area contributed by atoms with Gasteiger partial charge in [0, 0.05) is 70.1 Å². The van der Waals surface area contributed by atoms with Gasteiger partial charge in [-0.3, -0.25) is 9.80 Å². The second-order valence-electron chi connectivity index (χ2n) is 8.36. The van der Waals surface area contributed by atoms with Crippen molar-refractivity contribution in [3.05, 3.63) is 64.2 Å². The molecule has 1 aliphatic rings. The molecule has 0 unspecified atom stereocenters. The zero-order valence-corrected chi connectivity index (χ0v) is 19.1. The normalized spacial score (nSPS) is 15.3. The average molecular weight is 426 g/mol. The van der Waals surface area contributed by atoms with E-state index in [1.165, 1.54) is 11.3 Å². The summed E-state index contributed by atoms with van der Waals surface area (Å²) in [6, 6.07) is 16.7. The lowest BCUT2D eigenvalue weighted by atomic mass is 10.1. The number of benzene rings is 2. The minimum absolute atomic E-state index is 0.781. The van der Waals surface area contributed by atoms with Crippen LogP contribution in [0.4, 0.5) is 5.69 Å². The number of piperazine rings is 1. The van der Waals surface area contributed by atoms with E-state index in [1.807, 2.05) is 18.2 Å². The van der Waals surface area contributed by atoms with Gasteiger partial charge in [-0.05, 0) is 55.6 Å². The zero-order valence-electron chi connectivity index (χ0n) is 18.3. The van der Waals surface area contributed by atoms with Crippen LogP contribution < -0.4 is 4.90 Å². The molecule has 0 atom stereocenters. The van der Waals surface area contributed by atoms with Gasteiger partial charge in [0.05, 0.1) is 11.6 Å². The molecular formula is C24H32ClN5. The van der Waals surface area contributed by atoms with E-state index in [-0.39, 0.29) is 0 Å². The van der Waals surface area contributed by atoms with Gasteiger partial charge in [-0.25, -0.2) is 0 Å². The standard InChI is InChI=1S/C24H32ClN5/c1-27(2)10-11-28(3)24-9-6-21(17-26)22(16-24)19-30-14-12-29(13-15-30)18-20-4-7-23(25)8-5-20/h4-9,16H,10-15,18-19H2,1-3H3. The third-order valence-electron chi connectivity index (χ3n) is 5.71. The first-order chi connectivity index (χ1) is 14.4. The topological polar surface area (TPSA) is 36.8 Å². The first-order valence-electron chi connectivity index (χ1n) is 10.5. The molecule has 5 nitrogen and oxygen atoms in total. The van der Waals surface area contributed by atoms with Gasteiger partial charge in [0.25, 0.3) is 0 Å². The molecule has 0 bridgehead atoms. The SMILES string of the molecule is CN(C)CCN(C)c1ccc(C#N)c(CN2CCN(Cc3ccc(Cl)cc3)CC2)c1. The monoisotopic (exact) mass is 425 g/mol. The fraction of sp³-hybridized carbons (Fsp3) is 0.458. The molecule has 1 aliphatic heterocycles. The molecule has 1 fully saturated rings. The van der Waals surface area contributed by atoms with Crippen LogP contribution in [0.1, 0.15) is 16.7 Å². The van der Waals surface area contributed by atoms with Crippen molar-refractivity contribution < 1.29 is 0 Å². The van der Waals surface area contributed by atoms with Crippen molar-refractivity contribution in [2.75, 3.05) is 65.3 Å². The minimum atomic E-state index is 0.781. The summed E-state index contributed by atoms with van der Waals surface area (Å²) in [7, 11) is 6.29. The van der Waals surface area contributed by atoms with Crippen LogP contribution in [-0.2, 0) is 13.1 Å². The predicted octanol–water partition coefficient (Wildman–Crippen LogP) is 3.53. The fourth-order valence-electron chi connectivity index (χ4n) is 3.73. The first-order valence-corrected chi connectivity index (χ1v) is 10.9. The highest BCUT2D eigenvalue weighted by molar-refractivity contribution is 6.30. The molecule has 1 saturated heterocycles. The molecule has 0 saturated carbocycles. The van der Waals surface area contributed by atoms with Crippen LogP contribution in [0.15, 0.2) is 42.5 Å². The molecule has 0 aromatic heterocycles. The number of likely N-dealkylation sites (N-methyl/N-ethyl adjacent to an activating group) is 2. The third-order valence-corrected chi connectivity index (χ3v) is 5.96. The smallest absolute Gasteiger partial charge is 0.0995 e. The summed E-state index contributed by atoms with van der Waals surface area (Å²) in [6.07, 6.45) is 0. The Bertz CT molecular complexity index is 851. The van der Waals surface area contributed by atoms with Crippen LogP contribution in [0.2, 0.25) is 5.02 Å². The lowest BCUT2D eigenvalue weighted by Crippen LogP contribution is -2.45. The second kappa shape index (κ2) is 10.8. The summed E-state index contributed by atoms with van der Waals surface area (Å²) in [5.41, 5.74) is 4.38. The summed E-state index contributed by atoms with van der Waals surface area (Å²) in [4.78, 5) is 9.38. The molecule has 0 amide bonds. The molecule has 160 valence electrons. The Balaban J connectivity index is 1.57. The fourth-order valence-corrected chi connectivity index (χ4v) is 3.86. The Morgan fingerprint density at radius 2 is 1.53 bits per heavy atom. The van der Waals surface area contributed by atoms with Crippen molar-refractivity contribution in [3.8, 4) is 6.07 Å². The Kier molecular flexibility index (Phi) is 8.12. The van der Waals surface area contributed by atoms with Crippen molar-refractivity contribution in [2.24, 2.45) is 0 Å². The average Bonchev–Trinajstić information content (AvgIpc) is 2.75. The maximum Gasteiger partial charge on any atom is 0.0995 e. The van der Waals surface area contributed by atoms with Crippen LogP contribution in [0.25, 0.3) is 0 Å². The van der Waals surface area contributed by atoms with E-state index in [4.69, 9.17) is 11.6 Å². The lowest BCUT2D eigenvalue weighted by molar-refractivity contribution is 0.122. The van der Waals surface area contributed by atoms with Gasteiger partial charge in [0.1, 0.15) is 0 Å². The number of anilines is 1. The molecule has 3 rings (SSSR count). The van der Waals surface area contributed by atoms with E-state index in [0.717, 1.165) is 68.5 Å². The summed E-state index contributed by atoms with van der Waals surface area (Å²) in [6.45, 7) is 7.84. The second-order valence-corrected chi connectivity index (χ2v) is 8.79. The van der Waals surface area contributed by atoms with Gasteiger partial charge in [-0.1, -0.05) is 23.7 Å². The van der Waals surface area contributed by atoms with Gasteiger partial charge < -0.3 is 9.80 Å². The lowest BCUT2D eigenvalue weighted by Gasteiger charge is -2.35. The summed E-state index contributed by atoms with van der Waals surface area (Å²) in [5, 5.41) is 10.4. The Morgan fingerprint density at radius 3 is 2.13 bits per heavy atom. The van der Waals surface area contributed by atoms with E-state index in [0.29, 0.717) is 0 Å². The number of rotatable bonds is 8. The Morgan fingerprint density at radius 1 is 0.900 bits per heavy atom. The van der Waals surface area contributed by atoms with E-state index in [9.17, 15) is 5.26 Å². The third kappa shape index (κ3) is 6.45. The highest BCUT2D eigenvalue weighted by Crippen LogP contribution is 2.21. The molecule has 6 heteroatoms. The number of nitrogens with zero attached hydrogens (tertiary/aromatic N) is 5. The highest BCUT2D eigenvalue weighted by Gasteiger charge is 2.18. The van der Waals surface area contributed by atoms with E-state index < -0.39 is 0 Å². The van der Waals surface area contributed by atoms with E-state index in [2.05, 4.69) is 71.1 Å². The molecule has 0 spiro atoms.